The van der Waals surface area contributed by atoms with Gasteiger partial charge in [-0.25, -0.2) is 0 Å². The number of hydrogen-bond acceptors (Lipinski definition) is 6. The van der Waals surface area contributed by atoms with E-state index in [1.165, 1.54) is 11.3 Å². The van der Waals surface area contributed by atoms with Crippen LogP contribution in [0.4, 0.5) is 0 Å². The molecule has 0 N–H and O–H groups in total. The van der Waals surface area contributed by atoms with Crippen molar-refractivity contribution in [1.29, 1.82) is 0 Å². The molecule has 4 aromatic rings. The van der Waals surface area contributed by atoms with Crippen LogP contribution < -0.4 is 14.3 Å². The van der Waals surface area contributed by atoms with Crippen LogP contribution in [0.3, 0.4) is 0 Å². The van der Waals surface area contributed by atoms with Gasteiger partial charge in [-0.1, -0.05) is 53.8 Å². The van der Waals surface area contributed by atoms with Crippen molar-refractivity contribution < 1.29 is 19.1 Å². The van der Waals surface area contributed by atoms with Gasteiger partial charge in [0.1, 0.15) is 0 Å². The number of ketones is 1. The van der Waals surface area contributed by atoms with Crippen molar-refractivity contribution in [2.75, 3.05) is 18.8 Å². The number of hydrogen-bond donors (Lipinski definition) is 0. The maximum Gasteiger partial charge on any atom is 0.279 e. The smallest absolute Gasteiger partial charge is 0.279 e. The average molecular weight is 477 g/mol. The molecule has 1 aliphatic heterocycles. The van der Waals surface area contributed by atoms with Gasteiger partial charge in [0.25, 0.3) is 5.91 Å². The summed E-state index contributed by atoms with van der Waals surface area (Å²) in [6, 6.07) is 19.6. The van der Waals surface area contributed by atoms with Gasteiger partial charge in [-0.05, 0) is 18.4 Å². The molecule has 1 aliphatic rings. The summed E-state index contributed by atoms with van der Waals surface area (Å²) < 4.78 is 14.1. The Morgan fingerprint density at radius 2 is 1.64 bits per heavy atom. The quantitative estimate of drug-likeness (QED) is 0.375. The molecule has 0 unspecified atom stereocenters. The second kappa shape index (κ2) is 9.25. The first-order chi connectivity index (χ1) is 16.1. The summed E-state index contributed by atoms with van der Waals surface area (Å²) in [6.45, 7) is 0.938. The molecule has 0 spiro atoms. The van der Waals surface area contributed by atoms with Gasteiger partial charge in [-0.15, -0.1) is 0 Å². The molecule has 1 amide bonds. The summed E-state index contributed by atoms with van der Waals surface area (Å²) in [7, 11) is 0. The van der Waals surface area contributed by atoms with E-state index in [0.29, 0.717) is 33.0 Å². The topological polar surface area (TPSA) is 69.9 Å². The van der Waals surface area contributed by atoms with E-state index in [1.54, 1.807) is 48.2 Å². The first kappa shape index (κ1) is 21.5. The number of amides is 1. The molecule has 0 radical (unpaired) electrons. The molecule has 166 valence electrons. The standard InChI is InChI=1S/C25H20N2O4S2/c1-32-12-11-27-19-13-20-21(31-15-30-20)14-22(19)33-25(27)26-24(29)18-9-7-17(8-10-18)23(28)16-5-3-2-4-6-16/h2-10,13-14H,11-12,15H2,1H3. The number of aryl methyl sites for hydroxylation is 1. The predicted molar refractivity (Wildman–Crippen MR) is 131 cm³/mol. The lowest BCUT2D eigenvalue weighted by Gasteiger charge is -2.05. The van der Waals surface area contributed by atoms with E-state index in [0.717, 1.165) is 22.5 Å². The molecule has 2 heterocycles. The molecule has 0 bridgehead atoms. The Morgan fingerprint density at radius 3 is 2.36 bits per heavy atom. The fourth-order valence-corrected chi connectivity index (χ4v) is 5.05. The van der Waals surface area contributed by atoms with Crippen LogP contribution >= 0.6 is 23.1 Å². The van der Waals surface area contributed by atoms with Crippen LogP contribution in [0.5, 0.6) is 11.5 Å². The molecule has 1 aromatic heterocycles. The highest BCUT2D eigenvalue weighted by atomic mass is 32.2. The lowest BCUT2D eigenvalue weighted by molar-refractivity contribution is 0.0994. The largest absolute Gasteiger partial charge is 0.454 e. The Kier molecular flexibility index (Phi) is 6.02. The molecular formula is C25H20N2O4S2. The number of carbonyl (C=O) groups is 2. The predicted octanol–water partition coefficient (Wildman–Crippen LogP) is 4.77. The molecule has 3 aromatic carbocycles. The molecule has 6 nitrogen and oxygen atoms in total. The Hall–Kier alpha value is -3.36. The second-order valence-electron chi connectivity index (χ2n) is 7.39. The van der Waals surface area contributed by atoms with E-state index < -0.39 is 0 Å². The van der Waals surface area contributed by atoms with E-state index in [2.05, 4.69) is 4.99 Å². The number of carbonyl (C=O) groups excluding carboxylic acids is 2. The lowest BCUT2D eigenvalue weighted by atomic mass is 10.0. The fraction of sp³-hybridized carbons (Fsp3) is 0.160. The summed E-state index contributed by atoms with van der Waals surface area (Å²) in [5, 5.41) is 0. The summed E-state index contributed by atoms with van der Waals surface area (Å²) in [5.74, 6) is 1.87. The normalized spacial score (nSPS) is 12.9. The Balaban J connectivity index is 1.47. The van der Waals surface area contributed by atoms with Crippen LogP contribution in [0.2, 0.25) is 0 Å². The second-order valence-corrected chi connectivity index (χ2v) is 9.39. The maximum atomic E-state index is 13.0. The number of fused-ring (bicyclic) bond motifs is 2. The van der Waals surface area contributed by atoms with Crippen molar-refractivity contribution in [3.05, 3.63) is 88.2 Å². The fourth-order valence-electron chi connectivity index (χ4n) is 3.62. The van der Waals surface area contributed by atoms with Crippen LogP contribution in [0, 0.1) is 0 Å². The van der Waals surface area contributed by atoms with Crippen molar-refractivity contribution in [3.63, 3.8) is 0 Å². The minimum Gasteiger partial charge on any atom is -0.454 e. The number of benzene rings is 3. The van der Waals surface area contributed by atoms with Gasteiger partial charge in [0.15, 0.2) is 22.1 Å². The van der Waals surface area contributed by atoms with Crippen molar-refractivity contribution in [2.24, 2.45) is 4.99 Å². The van der Waals surface area contributed by atoms with Crippen LogP contribution in [-0.2, 0) is 6.54 Å². The molecule has 0 aliphatic carbocycles. The monoisotopic (exact) mass is 476 g/mol. The van der Waals surface area contributed by atoms with Gasteiger partial charge in [0.05, 0.1) is 10.2 Å². The summed E-state index contributed by atoms with van der Waals surface area (Å²) in [5.41, 5.74) is 2.54. The first-order valence-corrected chi connectivity index (χ1v) is 12.6. The van der Waals surface area contributed by atoms with Gasteiger partial charge < -0.3 is 14.0 Å². The minimum atomic E-state index is -0.349. The Morgan fingerprint density at radius 1 is 0.970 bits per heavy atom. The molecule has 0 saturated carbocycles. The molecule has 8 heteroatoms. The Bertz CT molecular complexity index is 1410. The maximum absolute atomic E-state index is 13.0. The van der Waals surface area contributed by atoms with Gasteiger partial charge in [0, 0.05) is 41.1 Å². The van der Waals surface area contributed by atoms with Crippen molar-refractivity contribution in [1.82, 2.24) is 4.57 Å². The molecule has 5 rings (SSSR count). The highest BCUT2D eigenvalue weighted by Crippen LogP contribution is 2.37. The van der Waals surface area contributed by atoms with E-state index in [4.69, 9.17) is 9.47 Å². The number of thioether (sulfide) groups is 1. The third-order valence-electron chi connectivity index (χ3n) is 5.32. The van der Waals surface area contributed by atoms with Crippen LogP contribution in [0.1, 0.15) is 26.3 Å². The van der Waals surface area contributed by atoms with Crippen molar-refractivity contribution >= 4 is 45.0 Å². The van der Waals surface area contributed by atoms with Gasteiger partial charge in [0.2, 0.25) is 6.79 Å². The Labute approximate surface area is 198 Å². The third kappa shape index (κ3) is 4.31. The zero-order chi connectivity index (χ0) is 22.8. The van der Waals surface area contributed by atoms with Crippen LogP contribution in [0.15, 0.2) is 71.7 Å². The highest BCUT2D eigenvalue weighted by Gasteiger charge is 2.18. The lowest BCUT2D eigenvalue weighted by Crippen LogP contribution is -2.18. The van der Waals surface area contributed by atoms with Gasteiger partial charge in [-0.2, -0.15) is 16.8 Å². The molecule has 0 saturated heterocycles. The van der Waals surface area contributed by atoms with Crippen LogP contribution in [-0.4, -0.2) is 35.1 Å². The summed E-state index contributed by atoms with van der Waals surface area (Å²) in [4.78, 5) is 30.6. The minimum absolute atomic E-state index is 0.0802. The molecule has 0 fully saturated rings. The third-order valence-corrected chi connectivity index (χ3v) is 6.96. The zero-order valence-electron chi connectivity index (χ0n) is 17.8. The van der Waals surface area contributed by atoms with E-state index in [9.17, 15) is 9.59 Å². The average Bonchev–Trinajstić information content (AvgIpc) is 3.44. The number of aromatic nitrogens is 1. The molecule has 33 heavy (non-hydrogen) atoms. The first-order valence-electron chi connectivity index (χ1n) is 10.3. The summed E-state index contributed by atoms with van der Waals surface area (Å²) in [6.07, 6.45) is 2.05. The van der Waals surface area contributed by atoms with Gasteiger partial charge in [-0.3, -0.25) is 9.59 Å². The van der Waals surface area contributed by atoms with Crippen molar-refractivity contribution in [2.45, 2.75) is 6.54 Å². The van der Waals surface area contributed by atoms with E-state index >= 15 is 0 Å². The SMILES string of the molecule is CSCCn1c(=NC(=O)c2ccc(C(=O)c3ccccc3)cc2)sc2cc3c(cc21)OCO3. The highest BCUT2D eigenvalue weighted by molar-refractivity contribution is 7.98. The van der Waals surface area contributed by atoms with Crippen LogP contribution in [0.25, 0.3) is 10.2 Å². The van der Waals surface area contributed by atoms with Gasteiger partial charge >= 0.3 is 0 Å². The number of ether oxygens (including phenoxy) is 2. The van der Waals surface area contributed by atoms with E-state index in [-0.39, 0.29) is 18.5 Å². The number of thiazole rings is 1. The van der Waals surface area contributed by atoms with E-state index in [1.807, 2.05) is 41.2 Å². The molecular weight excluding hydrogens is 456 g/mol. The van der Waals surface area contributed by atoms with Crippen molar-refractivity contribution in [3.8, 4) is 11.5 Å². The summed E-state index contributed by atoms with van der Waals surface area (Å²) >= 11 is 3.17. The number of rotatable bonds is 6. The zero-order valence-corrected chi connectivity index (χ0v) is 19.4. The molecule has 0 atom stereocenters. The number of nitrogens with zero attached hydrogens (tertiary/aromatic N) is 2.